The summed E-state index contributed by atoms with van der Waals surface area (Å²) in [4.78, 5) is 12.6. The fraction of sp³-hybridized carbons (Fsp3) is 0.160. The van der Waals surface area contributed by atoms with Crippen LogP contribution < -0.4 is 15.4 Å². The number of rotatable bonds is 9. The summed E-state index contributed by atoms with van der Waals surface area (Å²) in [5.41, 5.74) is 2.54. The Balaban J connectivity index is 1.53. The van der Waals surface area contributed by atoms with E-state index in [4.69, 9.17) is 4.74 Å². The molecule has 0 aliphatic rings. The lowest BCUT2D eigenvalue weighted by Crippen LogP contribution is -2.16. The molecule has 4 rings (SSSR count). The van der Waals surface area contributed by atoms with Gasteiger partial charge in [0.25, 0.3) is 0 Å². The van der Waals surface area contributed by atoms with Crippen LogP contribution in [0, 0.1) is 0 Å². The number of nitrogens with zero attached hydrogens (tertiary/aromatic N) is 3. The fourth-order valence-electron chi connectivity index (χ4n) is 3.40. The number of nitrogens with one attached hydrogen (secondary N) is 2. The predicted molar refractivity (Wildman–Crippen MR) is 140 cm³/mol. The van der Waals surface area contributed by atoms with E-state index in [1.54, 1.807) is 19.2 Å². The molecule has 0 aliphatic carbocycles. The molecule has 0 unspecified atom stereocenters. The van der Waals surface area contributed by atoms with E-state index in [2.05, 4.69) is 36.8 Å². The van der Waals surface area contributed by atoms with Crippen molar-refractivity contribution in [2.24, 2.45) is 0 Å². The van der Waals surface area contributed by atoms with E-state index in [9.17, 15) is 4.79 Å². The van der Waals surface area contributed by atoms with E-state index >= 15 is 0 Å². The smallest absolute Gasteiger partial charge is 0.234 e. The Morgan fingerprint density at radius 1 is 1.03 bits per heavy atom. The standard InChI is InChI=1S/C25H24BrN5O2S/c1-17(27-19-14-12-18(26)13-15-19)24-29-30-25(31(24)20-8-4-3-5-9-20)34-16-23(32)28-21-10-6-7-11-22(21)33-2/h3-15,17,27H,16H2,1-2H3,(H,28,32)/t17-/m1/s1. The van der Waals surface area contributed by atoms with Gasteiger partial charge in [0.1, 0.15) is 5.75 Å². The monoisotopic (exact) mass is 537 g/mol. The average Bonchev–Trinajstić information content (AvgIpc) is 3.29. The van der Waals surface area contributed by atoms with Gasteiger partial charge in [0.05, 0.1) is 24.6 Å². The summed E-state index contributed by atoms with van der Waals surface area (Å²) in [6, 6.07) is 25.1. The van der Waals surface area contributed by atoms with Gasteiger partial charge in [0.2, 0.25) is 5.91 Å². The lowest BCUT2D eigenvalue weighted by Gasteiger charge is -2.17. The molecular weight excluding hydrogens is 514 g/mol. The van der Waals surface area contributed by atoms with E-state index in [0.29, 0.717) is 16.6 Å². The molecule has 34 heavy (non-hydrogen) atoms. The number of ether oxygens (including phenoxy) is 1. The zero-order valence-corrected chi connectivity index (χ0v) is 21.1. The van der Waals surface area contributed by atoms with Crippen molar-refractivity contribution in [1.29, 1.82) is 0 Å². The Morgan fingerprint density at radius 2 is 1.74 bits per heavy atom. The number of carbonyl (C=O) groups is 1. The third kappa shape index (κ3) is 5.78. The zero-order valence-electron chi connectivity index (χ0n) is 18.7. The molecule has 0 spiro atoms. The lowest BCUT2D eigenvalue weighted by atomic mass is 10.2. The minimum absolute atomic E-state index is 0.120. The molecule has 1 heterocycles. The van der Waals surface area contributed by atoms with Crippen LogP contribution in [0.3, 0.4) is 0 Å². The van der Waals surface area contributed by atoms with Gasteiger partial charge in [-0.25, -0.2) is 0 Å². The van der Waals surface area contributed by atoms with Crippen LogP contribution in [0.4, 0.5) is 11.4 Å². The largest absolute Gasteiger partial charge is 0.495 e. The van der Waals surface area contributed by atoms with Crippen molar-refractivity contribution in [2.75, 3.05) is 23.5 Å². The number of para-hydroxylation sites is 3. The van der Waals surface area contributed by atoms with Crippen LogP contribution in [-0.2, 0) is 4.79 Å². The van der Waals surface area contributed by atoms with Crippen molar-refractivity contribution in [1.82, 2.24) is 14.8 Å². The molecule has 4 aromatic rings. The Hall–Kier alpha value is -3.30. The van der Waals surface area contributed by atoms with Crippen LogP contribution in [0.25, 0.3) is 5.69 Å². The minimum atomic E-state index is -0.153. The third-order valence-corrected chi connectivity index (χ3v) is 6.46. The van der Waals surface area contributed by atoms with E-state index < -0.39 is 0 Å². The van der Waals surface area contributed by atoms with Crippen LogP contribution in [-0.4, -0.2) is 33.5 Å². The molecule has 9 heteroatoms. The van der Waals surface area contributed by atoms with E-state index in [0.717, 1.165) is 21.7 Å². The molecule has 0 bridgehead atoms. The molecule has 1 aromatic heterocycles. The van der Waals surface area contributed by atoms with Crippen LogP contribution in [0.15, 0.2) is 88.5 Å². The van der Waals surface area contributed by atoms with Crippen molar-refractivity contribution in [3.8, 4) is 11.4 Å². The summed E-state index contributed by atoms with van der Waals surface area (Å²) >= 11 is 4.79. The number of thioether (sulfide) groups is 1. The summed E-state index contributed by atoms with van der Waals surface area (Å²) in [7, 11) is 1.58. The first-order valence-corrected chi connectivity index (χ1v) is 12.4. The van der Waals surface area contributed by atoms with Crippen molar-refractivity contribution < 1.29 is 9.53 Å². The number of methoxy groups -OCH3 is 1. The first-order valence-electron chi connectivity index (χ1n) is 10.6. The SMILES string of the molecule is COc1ccccc1NC(=O)CSc1nnc([C@@H](C)Nc2ccc(Br)cc2)n1-c1ccccc1. The summed E-state index contributed by atoms with van der Waals surface area (Å²) in [5, 5.41) is 15.9. The average molecular weight is 538 g/mol. The predicted octanol–water partition coefficient (Wildman–Crippen LogP) is 5.94. The highest BCUT2D eigenvalue weighted by atomic mass is 79.9. The molecule has 0 fully saturated rings. The van der Waals surface area contributed by atoms with Gasteiger partial charge >= 0.3 is 0 Å². The second kappa shape index (κ2) is 11.2. The molecule has 174 valence electrons. The summed E-state index contributed by atoms with van der Waals surface area (Å²) in [6.45, 7) is 2.04. The maximum absolute atomic E-state index is 12.6. The number of anilines is 2. The number of hydrogen-bond acceptors (Lipinski definition) is 6. The normalized spacial score (nSPS) is 11.6. The third-order valence-electron chi connectivity index (χ3n) is 5.00. The molecular formula is C25H24BrN5O2S. The van der Waals surface area contributed by atoms with E-state index in [-0.39, 0.29) is 17.7 Å². The molecule has 1 atom stereocenters. The number of carbonyl (C=O) groups excluding carboxylic acids is 1. The van der Waals surface area contributed by atoms with Gasteiger partial charge in [-0.1, -0.05) is 58.0 Å². The molecule has 0 aliphatic heterocycles. The first kappa shape index (κ1) is 23.8. The number of hydrogen-bond donors (Lipinski definition) is 2. The summed E-state index contributed by atoms with van der Waals surface area (Å²) < 4.78 is 8.31. The first-order chi connectivity index (χ1) is 16.5. The Bertz CT molecular complexity index is 1250. The van der Waals surface area contributed by atoms with E-state index in [1.807, 2.05) is 78.2 Å². The van der Waals surface area contributed by atoms with Crippen molar-refractivity contribution in [3.63, 3.8) is 0 Å². The van der Waals surface area contributed by atoms with E-state index in [1.165, 1.54) is 11.8 Å². The van der Waals surface area contributed by atoms with Gasteiger partial charge in [-0.15, -0.1) is 10.2 Å². The second-order valence-electron chi connectivity index (χ2n) is 7.42. The molecule has 1 amide bonds. The molecule has 0 saturated heterocycles. The number of amides is 1. The molecule has 0 radical (unpaired) electrons. The molecule has 3 aromatic carbocycles. The van der Waals surface area contributed by atoms with Gasteiger partial charge in [0.15, 0.2) is 11.0 Å². The number of aromatic nitrogens is 3. The number of benzene rings is 3. The highest BCUT2D eigenvalue weighted by molar-refractivity contribution is 9.10. The van der Waals surface area contributed by atoms with Gasteiger partial charge in [-0.05, 0) is 55.5 Å². The highest BCUT2D eigenvalue weighted by Gasteiger charge is 2.20. The van der Waals surface area contributed by atoms with Crippen LogP contribution >= 0.6 is 27.7 Å². The zero-order chi connectivity index (χ0) is 23.9. The molecule has 2 N–H and O–H groups in total. The lowest BCUT2D eigenvalue weighted by molar-refractivity contribution is -0.113. The minimum Gasteiger partial charge on any atom is -0.495 e. The Morgan fingerprint density at radius 3 is 2.47 bits per heavy atom. The summed E-state index contributed by atoms with van der Waals surface area (Å²) in [6.07, 6.45) is 0. The van der Waals surface area contributed by atoms with Gasteiger partial charge in [-0.2, -0.15) is 0 Å². The van der Waals surface area contributed by atoms with Crippen molar-refractivity contribution in [3.05, 3.63) is 89.2 Å². The highest BCUT2D eigenvalue weighted by Crippen LogP contribution is 2.28. The van der Waals surface area contributed by atoms with Crippen LogP contribution in [0.5, 0.6) is 5.75 Å². The maximum Gasteiger partial charge on any atom is 0.234 e. The van der Waals surface area contributed by atoms with Crippen LogP contribution in [0.1, 0.15) is 18.8 Å². The quantitative estimate of drug-likeness (QED) is 0.257. The van der Waals surface area contributed by atoms with Gasteiger partial charge in [-0.3, -0.25) is 9.36 Å². The maximum atomic E-state index is 12.6. The van der Waals surface area contributed by atoms with Gasteiger partial charge in [0, 0.05) is 15.8 Å². The van der Waals surface area contributed by atoms with Gasteiger partial charge < -0.3 is 15.4 Å². The van der Waals surface area contributed by atoms with Crippen LogP contribution in [0.2, 0.25) is 0 Å². The molecule has 7 nitrogen and oxygen atoms in total. The molecule has 0 saturated carbocycles. The van der Waals surface area contributed by atoms with Crippen molar-refractivity contribution >= 4 is 45.0 Å². The fourth-order valence-corrected chi connectivity index (χ4v) is 4.42. The Labute approximate surface area is 211 Å². The summed E-state index contributed by atoms with van der Waals surface area (Å²) in [5.74, 6) is 1.39. The second-order valence-corrected chi connectivity index (χ2v) is 9.28. The number of halogens is 1. The van der Waals surface area contributed by atoms with Crippen molar-refractivity contribution in [2.45, 2.75) is 18.1 Å². The Kier molecular flexibility index (Phi) is 7.87. The topological polar surface area (TPSA) is 81.1 Å².